The molecule has 2 fully saturated rings. The lowest BCUT2D eigenvalue weighted by Crippen LogP contribution is -2.71. The highest BCUT2D eigenvalue weighted by molar-refractivity contribution is 8.00. The average Bonchev–Trinajstić information content (AvgIpc) is 3.29. The van der Waals surface area contributed by atoms with Gasteiger partial charge in [0.25, 0.3) is 11.8 Å². The van der Waals surface area contributed by atoms with Crippen LogP contribution >= 0.6 is 23.1 Å². The Kier molecular flexibility index (Phi) is 8.53. The fourth-order valence-electron chi connectivity index (χ4n) is 3.76. The van der Waals surface area contributed by atoms with Gasteiger partial charge in [-0.05, 0) is 27.2 Å². The van der Waals surface area contributed by atoms with Gasteiger partial charge >= 0.3 is 18.0 Å². The summed E-state index contributed by atoms with van der Waals surface area (Å²) in [5.74, 6) is -2.91. The van der Waals surface area contributed by atoms with Gasteiger partial charge in [-0.1, -0.05) is 5.16 Å². The van der Waals surface area contributed by atoms with E-state index in [1.807, 2.05) is 0 Å². The van der Waals surface area contributed by atoms with Crippen LogP contribution < -0.4 is 11.1 Å². The van der Waals surface area contributed by atoms with Gasteiger partial charge in [0.1, 0.15) is 29.4 Å². The molecule has 0 radical (unpaired) electrons. The number of hydrogen-bond donors (Lipinski definition) is 3. The summed E-state index contributed by atoms with van der Waals surface area (Å²) < 4.78 is 15.5. The van der Waals surface area contributed by atoms with E-state index in [9.17, 15) is 29.2 Å². The number of carbonyl (C=O) groups is 5. The van der Waals surface area contributed by atoms with Crippen molar-refractivity contribution in [3.63, 3.8) is 0 Å². The van der Waals surface area contributed by atoms with Gasteiger partial charge in [0.2, 0.25) is 6.79 Å². The fraction of sp³-hybridized carbons (Fsp3) is 0.522. The van der Waals surface area contributed by atoms with Crippen LogP contribution in [-0.4, -0.2) is 99.2 Å². The van der Waals surface area contributed by atoms with Crippen molar-refractivity contribution in [2.75, 3.05) is 38.0 Å². The number of nitrogens with one attached hydrogen (secondary N) is 1. The lowest BCUT2D eigenvalue weighted by atomic mass is 9.98. The molecule has 0 spiro atoms. The summed E-state index contributed by atoms with van der Waals surface area (Å²) in [6, 6.07) is -1.07. The molecular weight excluding hydrogens is 568 g/mol. The number of esters is 2. The molecule has 0 saturated carbocycles. The van der Waals surface area contributed by atoms with Gasteiger partial charge in [0.15, 0.2) is 10.8 Å². The van der Waals surface area contributed by atoms with Crippen LogP contribution in [-0.2, 0) is 33.4 Å². The Labute approximate surface area is 236 Å². The molecule has 1 unspecified atom stereocenters. The number of oxime groups is 1. The van der Waals surface area contributed by atoms with Crippen LogP contribution in [0.1, 0.15) is 32.9 Å². The van der Waals surface area contributed by atoms with Crippen LogP contribution in [0.2, 0.25) is 0 Å². The number of β-lactam (4-membered cyclic amide) rings is 1. The molecule has 4 heterocycles. The summed E-state index contributed by atoms with van der Waals surface area (Å²) in [5.41, 5.74) is 4.51. The fourth-order valence-corrected chi connectivity index (χ4v) is 5.64. The first-order chi connectivity index (χ1) is 18.9. The van der Waals surface area contributed by atoms with Crippen molar-refractivity contribution < 1.29 is 43.4 Å². The number of thioether (sulfide) groups is 1. The minimum Gasteiger partial charge on any atom is -0.445 e. The zero-order valence-corrected chi connectivity index (χ0v) is 23.5. The largest absolute Gasteiger partial charge is 0.445 e. The number of carbonyl (C=O) groups excluding carboxylic acids is 5. The molecule has 0 aromatic carbocycles. The highest BCUT2D eigenvalue weighted by Gasteiger charge is 2.55. The third-order valence-electron chi connectivity index (χ3n) is 6.08. The Balaban J connectivity index is 1.48. The van der Waals surface area contributed by atoms with E-state index in [1.165, 1.54) is 22.0 Å². The summed E-state index contributed by atoms with van der Waals surface area (Å²) in [7, 11) is 0. The monoisotopic (exact) mass is 596 g/mol. The summed E-state index contributed by atoms with van der Waals surface area (Å²) in [6.07, 6.45) is 0.324. The van der Waals surface area contributed by atoms with Crippen molar-refractivity contribution in [2.45, 2.75) is 38.6 Å². The zero-order chi connectivity index (χ0) is 29.2. The molecule has 4 N–H and O–H groups in total. The Morgan fingerprint density at radius 2 is 1.95 bits per heavy atom. The number of amides is 3. The van der Waals surface area contributed by atoms with Crippen LogP contribution in [0.25, 0.3) is 0 Å². The molecule has 17 heteroatoms. The quantitative estimate of drug-likeness (QED) is 0.0937. The number of rotatable bonds is 8. The van der Waals surface area contributed by atoms with Crippen LogP contribution in [0.15, 0.2) is 21.8 Å². The molecule has 4 rings (SSSR count). The second-order valence-electron chi connectivity index (χ2n) is 9.96. The average molecular weight is 597 g/mol. The van der Waals surface area contributed by atoms with Gasteiger partial charge < -0.3 is 35.4 Å². The van der Waals surface area contributed by atoms with Gasteiger partial charge in [0.05, 0.1) is 5.41 Å². The zero-order valence-electron chi connectivity index (χ0n) is 21.9. The van der Waals surface area contributed by atoms with Gasteiger partial charge in [-0.2, -0.15) is 0 Å². The van der Waals surface area contributed by atoms with Gasteiger partial charge in [-0.3, -0.25) is 19.3 Å². The summed E-state index contributed by atoms with van der Waals surface area (Å²) in [6.45, 7) is 5.09. The highest BCUT2D eigenvalue weighted by atomic mass is 32.2. The van der Waals surface area contributed by atoms with Crippen molar-refractivity contribution in [1.82, 2.24) is 20.1 Å². The molecule has 15 nitrogen and oxygen atoms in total. The summed E-state index contributed by atoms with van der Waals surface area (Å²) in [5, 5.41) is 15.7. The van der Waals surface area contributed by atoms with Crippen molar-refractivity contribution in [1.29, 1.82) is 0 Å². The number of nitrogens with two attached hydrogens (primary N) is 1. The van der Waals surface area contributed by atoms with Crippen molar-refractivity contribution in [3.05, 3.63) is 22.3 Å². The molecule has 2 atom stereocenters. The van der Waals surface area contributed by atoms with E-state index in [2.05, 4.69) is 15.5 Å². The van der Waals surface area contributed by atoms with Crippen molar-refractivity contribution in [3.8, 4) is 0 Å². The first kappa shape index (κ1) is 29.1. The van der Waals surface area contributed by atoms with Crippen molar-refractivity contribution in [2.24, 2.45) is 10.6 Å². The Morgan fingerprint density at radius 1 is 1.23 bits per heavy atom. The predicted molar refractivity (Wildman–Crippen MR) is 141 cm³/mol. The molecule has 3 amide bonds. The van der Waals surface area contributed by atoms with Crippen LogP contribution in [0.5, 0.6) is 0 Å². The van der Waals surface area contributed by atoms with E-state index >= 15 is 0 Å². The van der Waals surface area contributed by atoms with E-state index in [4.69, 9.17) is 19.9 Å². The Morgan fingerprint density at radius 3 is 2.52 bits per heavy atom. The maximum atomic E-state index is 13.2. The number of hydrogen-bond acceptors (Lipinski definition) is 14. The molecule has 40 heavy (non-hydrogen) atoms. The molecule has 3 aliphatic heterocycles. The van der Waals surface area contributed by atoms with E-state index in [0.717, 1.165) is 22.7 Å². The topological polar surface area (TPSA) is 203 Å². The number of nitrogens with zero attached hydrogens (tertiary/aromatic N) is 4. The minimum absolute atomic E-state index is 0.0303. The smallest absolute Gasteiger partial charge is 0.410 e. The molecule has 1 aromatic heterocycles. The standard InChI is InChI=1S/C23H28N6O9S2/c1-23(2,3)20(33)38-10-37-19(32)15-11(7-36-22(34)28-5-4-6-28)8-39-18-14(17(31)29(15)18)26-16(30)13(27-35)12-9-40-21(24)25-12/h9,14,18,35H,4-8,10H2,1-3H3,(H2,24,25)(H,26,30)/b27-13-/t14?,18-/m1/s1. The Hall–Kier alpha value is -3.86. The number of ether oxygens (including phenoxy) is 3. The van der Waals surface area contributed by atoms with Gasteiger partial charge in [0, 0.05) is 29.8 Å². The first-order valence-corrected chi connectivity index (χ1v) is 14.0. The molecule has 216 valence electrons. The normalized spacial score (nSPS) is 20.7. The lowest BCUT2D eigenvalue weighted by Gasteiger charge is -2.49. The molecule has 0 bridgehead atoms. The second-order valence-corrected chi connectivity index (χ2v) is 12.0. The van der Waals surface area contributed by atoms with Crippen LogP contribution in [0.3, 0.4) is 0 Å². The van der Waals surface area contributed by atoms with E-state index < -0.39 is 59.2 Å². The minimum atomic E-state index is -1.07. The van der Waals surface area contributed by atoms with E-state index in [0.29, 0.717) is 18.7 Å². The SMILES string of the molecule is CC(C)(C)C(=O)OCOC(=O)C1=C(COC(=O)N2CCC2)CS[C@@H]2C(NC(=O)/C(=N\O)c3csc(N)n3)C(=O)N12. The third kappa shape index (κ3) is 5.99. The number of aromatic nitrogens is 1. The van der Waals surface area contributed by atoms with Gasteiger partial charge in [-0.25, -0.2) is 14.6 Å². The Bertz CT molecular complexity index is 1280. The lowest BCUT2D eigenvalue weighted by molar-refractivity contribution is -0.173. The second kappa shape index (κ2) is 11.7. The molecule has 1 aromatic rings. The highest BCUT2D eigenvalue weighted by Crippen LogP contribution is 2.41. The maximum Gasteiger partial charge on any atom is 0.410 e. The third-order valence-corrected chi connectivity index (χ3v) is 8.10. The number of anilines is 1. The molecule has 3 aliphatic rings. The molecule has 2 saturated heterocycles. The van der Waals surface area contributed by atoms with E-state index in [-0.39, 0.29) is 28.9 Å². The summed E-state index contributed by atoms with van der Waals surface area (Å²) in [4.78, 5) is 69.9. The van der Waals surface area contributed by atoms with Crippen LogP contribution in [0, 0.1) is 5.41 Å². The number of thiazole rings is 1. The van der Waals surface area contributed by atoms with Crippen LogP contribution in [0.4, 0.5) is 9.93 Å². The number of nitrogen functional groups attached to an aromatic ring is 1. The summed E-state index contributed by atoms with van der Waals surface area (Å²) >= 11 is 2.26. The molecule has 0 aliphatic carbocycles. The number of likely N-dealkylation sites (tertiary alicyclic amines) is 1. The maximum absolute atomic E-state index is 13.2. The first-order valence-electron chi connectivity index (χ1n) is 12.1. The van der Waals surface area contributed by atoms with E-state index in [1.54, 1.807) is 20.8 Å². The molecular formula is C23H28N6O9S2. The number of fused-ring (bicyclic) bond motifs is 1. The van der Waals surface area contributed by atoms with Crippen molar-refractivity contribution >= 4 is 63.8 Å². The predicted octanol–water partition coefficient (Wildman–Crippen LogP) is 0.490. The van der Waals surface area contributed by atoms with Gasteiger partial charge in [-0.15, -0.1) is 23.1 Å².